The predicted molar refractivity (Wildman–Crippen MR) is 201 cm³/mol. The molecule has 1 fully saturated rings. The molecule has 2 aliphatic heterocycles. The van der Waals surface area contributed by atoms with E-state index >= 15 is 0 Å². The van der Waals surface area contributed by atoms with Crippen LogP contribution < -0.4 is 14.4 Å². The number of aliphatic hydroxyl groups is 1. The minimum Gasteiger partial charge on any atom is -0.490 e. The van der Waals surface area contributed by atoms with Gasteiger partial charge in [0.15, 0.2) is 0 Å². The van der Waals surface area contributed by atoms with Gasteiger partial charge >= 0.3 is 0 Å². The summed E-state index contributed by atoms with van der Waals surface area (Å²) in [5.74, 6) is -0.605. The zero-order valence-corrected chi connectivity index (χ0v) is 31.2. The van der Waals surface area contributed by atoms with Gasteiger partial charge in [-0.3, -0.25) is 9.78 Å². The Labute approximate surface area is 307 Å². The van der Waals surface area contributed by atoms with Crippen LogP contribution in [0.3, 0.4) is 0 Å². The summed E-state index contributed by atoms with van der Waals surface area (Å²) >= 11 is 6.46. The number of amides is 1. The number of fused-ring (bicyclic) bond motifs is 4. The number of hydrogen-bond donors (Lipinski definition) is 2. The van der Waals surface area contributed by atoms with Gasteiger partial charge in [0, 0.05) is 41.3 Å². The predicted octanol–water partition coefficient (Wildman–Crippen LogP) is 7.11. The van der Waals surface area contributed by atoms with Crippen LogP contribution in [0.1, 0.15) is 68.3 Å². The smallest absolute Gasteiger partial charge is 0.264 e. The molecule has 2 aliphatic carbocycles. The van der Waals surface area contributed by atoms with Crippen molar-refractivity contribution in [3.8, 4) is 5.75 Å². The van der Waals surface area contributed by atoms with Crippen LogP contribution in [-0.2, 0) is 33.1 Å². The van der Waals surface area contributed by atoms with Crippen molar-refractivity contribution in [2.75, 3.05) is 24.6 Å². The molecule has 2 bridgehead atoms. The second kappa shape index (κ2) is 14.1. The quantitative estimate of drug-likeness (QED) is 0.277. The molecule has 1 saturated carbocycles. The molecule has 0 radical (unpaired) electrons. The number of sulfonamides is 1. The van der Waals surface area contributed by atoms with Gasteiger partial charge in [0.2, 0.25) is 5.91 Å². The summed E-state index contributed by atoms with van der Waals surface area (Å²) in [4.78, 5) is 20.1. The van der Waals surface area contributed by atoms with Gasteiger partial charge in [0.1, 0.15) is 11.4 Å². The van der Waals surface area contributed by atoms with E-state index < -0.39 is 27.4 Å². The highest BCUT2D eigenvalue weighted by molar-refractivity contribution is 7.90. The zero-order valence-electron chi connectivity index (χ0n) is 29.6. The van der Waals surface area contributed by atoms with Crippen molar-refractivity contribution in [1.29, 1.82) is 0 Å². The maximum atomic E-state index is 13.7. The van der Waals surface area contributed by atoms with Gasteiger partial charge in [-0.1, -0.05) is 61.9 Å². The summed E-state index contributed by atoms with van der Waals surface area (Å²) in [5, 5.41) is 13.2. The van der Waals surface area contributed by atoms with E-state index in [2.05, 4.69) is 32.8 Å². The number of benzene rings is 2. The average Bonchev–Trinajstić information content (AvgIpc) is 3.23. The molecule has 270 valence electrons. The number of carbonyl (C=O) groups excluding carboxylic acids is 1. The van der Waals surface area contributed by atoms with E-state index in [1.165, 1.54) is 17.2 Å². The van der Waals surface area contributed by atoms with Crippen LogP contribution in [-0.4, -0.2) is 49.7 Å². The lowest BCUT2D eigenvalue weighted by Gasteiger charge is -2.48. The molecule has 3 aromatic rings. The van der Waals surface area contributed by atoms with Gasteiger partial charge in [0.25, 0.3) is 10.0 Å². The third-order valence-corrected chi connectivity index (χ3v) is 13.5. The Balaban J connectivity index is 1.29. The molecule has 1 spiro atoms. The summed E-state index contributed by atoms with van der Waals surface area (Å²) in [7, 11) is -4.15. The highest BCUT2D eigenvalue weighted by Crippen LogP contribution is 2.49. The van der Waals surface area contributed by atoms with Crippen LogP contribution >= 0.6 is 11.6 Å². The van der Waals surface area contributed by atoms with Crippen LogP contribution in [0.2, 0.25) is 5.02 Å². The molecular weight excluding hydrogens is 682 g/mol. The first kappa shape index (κ1) is 35.7. The first-order valence-electron chi connectivity index (χ1n) is 18.2. The molecule has 0 unspecified atom stereocenters. The lowest BCUT2D eigenvalue weighted by Crippen LogP contribution is -2.52. The van der Waals surface area contributed by atoms with Crippen LogP contribution in [0.25, 0.3) is 0 Å². The third-order valence-electron chi connectivity index (χ3n) is 11.9. The van der Waals surface area contributed by atoms with Crippen molar-refractivity contribution < 1.29 is 23.1 Å². The Morgan fingerprint density at radius 1 is 1.14 bits per heavy atom. The van der Waals surface area contributed by atoms with Gasteiger partial charge in [0.05, 0.1) is 17.2 Å². The number of nitrogens with one attached hydrogen (secondary N) is 1. The summed E-state index contributed by atoms with van der Waals surface area (Å²) in [6, 6.07) is 15.1. The van der Waals surface area contributed by atoms with Gasteiger partial charge in [-0.15, -0.1) is 0 Å². The van der Waals surface area contributed by atoms with Crippen LogP contribution in [0.4, 0.5) is 5.69 Å². The number of aryl methyl sites for hydroxylation is 2. The molecule has 1 aromatic heterocycles. The first-order chi connectivity index (χ1) is 24.4. The number of hydrogen-bond acceptors (Lipinski definition) is 7. The minimum atomic E-state index is -4.15. The number of pyridine rings is 1. The largest absolute Gasteiger partial charge is 0.490 e. The standard InChI is InChI=1S/C41H48ClN3O5S/c1-27-7-4-19-41(47,20-5-8-30-11-10-28(2)43-23-30)36-15-12-32(36)24-45-25-40(18-6-9-31-21-33(42)13-16-35(31)40)26-50-38-17-14-34(22-37(38)45)51(48,49)44-39(46)29(27)3/h4-5,10-11,13-14,16-17,19-23,27,29,32,36,47H,6-9,12,15,18,24-26H2,1-3H3,(H,44,46)/b19-4+,20-5+/t27-,29+,32-,36+,40-,41+/m0/s1. The van der Waals surface area contributed by atoms with Crippen molar-refractivity contribution in [2.45, 2.75) is 81.6 Å². The third kappa shape index (κ3) is 7.22. The number of allylic oxidation sites excluding steroid dienone is 2. The number of nitrogens with zero attached hydrogens (tertiary/aromatic N) is 2. The molecule has 0 saturated heterocycles. The van der Waals surface area contributed by atoms with E-state index in [4.69, 9.17) is 16.3 Å². The minimum absolute atomic E-state index is 0.0250. The van der Waals surface area contributed by atoms with E-state index in [1.807, 2.05) is 56.5 Å². The van der Waals surface area contributed by atoms with Crippen molar-refractivity contribution in [1.82, 2.24) is 9.71 Å². The Morgan fingerprint density at radius 2 is 1.98 bits per heavy atom. The number of carbonyl (C=O) groups is 1. The van der Waals surface area contributed by atoms with Gasteiger partial charge in [-0.25, -0.2) is 13.1 Å². The van der Waals surface area contributed by atoms with Crippen molar-refractivity contribution in [3.05, 3.63) is 106 Å². The molecule has 2 aromatic carbocycles. The second-order valence-corrected chi connectivity index (χ2v) is 17.5. The fourth-order valence-corrected chi connectivity index (χ4v) is 9.74. The molecule has 10 heteroatoms. The van der Waals surface area contributed by atoms with Crippen LogP contribution in [0, 0.1) is 30.6 Å². The Kier molecular flexibility index (Phi) is 9.84. The van der Waals surface area contributed by atoms with E-state index in [0.717, 1.165) is 43.4 Å². The molecular formula is C41H48ClN3O5S. The monoisotopic (exact) mass is 729 g/mol. The fraction of sp³-hybridized carbons (Fsp3) is 0.463. The molecule has 3 heterocycles. The second-order valence-electron chi connectivity index (χ2n) is 15.4. The summed E-state index contributed by atoms with van der Waals surface area (Å²) in [6.07, 6.45) is 15.5. The number of ether oxygens (including phenoxy) is 1. The van der Waals surface area contributed by atoms with Gasteiger partial charge in [-0.2, -0.15) is 0 Å². The molecule has 1 amide bonds. The highest BCUT2D eigenvalue weighted by atomic mass is 35.5. The van der Waals surface area contributed by atoms with E-state index in [0.29, 0.717) is 49.0 Å². The normalized spacial score (nSPS) is 31.1. The lowest BCUT2D eigenvalue weighted by atomic mass is 9.63. The van der Waals surface area contributed by atoms with E-state index in [9.17, 15) is 18.3 Å². The van der Waals surface area contributed by atoms with Crippen molar-refractivity contribution in [2.24, 2.45) is 23.7 Å². The first-order valence-corrected chi connectivity index (χ1v) is 20.1. The topological polar surface area (TPSA) is 109 Å². The Bertz CT molecular complexity index is 1960. The molecule has 51 heavy (non-hydrogen) atoms. The van der Waals surface area contributed by atoms with Crippen LogP contribution in [0.5, 0.6) is 5.75 Å². The van der Waals surface area contributed by atoms with E-state index in [-0.39, 0.29) is 28.1 Å². The van der Waals surface area contributed by atoms with Crippen molar-refractivity contribution in [3.63, 3.8) is 0 Å². The number of rotatable bonds is 3. The number of aromatic nitrogens is 1. The maximum absolute atomic E-state index is 13.7. The molecule has 4 aliphatic rings. The van der Waals surface area contributed by atoms with Gasteiger partial charge < -0.3 is 14.7 Å². The Morgan fingerprint density at radius 3 is 2.75 bits per heavy atom. The van der Waals surface area contributed by atoms with Crippen molar-refractivity contribution >= 4 is 33.2 Å². The maximum Gasteiger partial charge on any atom is 0.264 e. The van der Waals surface area contributed by atoms with Crippen LogP contribution in [0.15, 0.2) is 83.9 Å². The Hall–Kier alpha value is -3.66. The number of halogens is 1. The average molecular weight is 730 g/mol. The molecule has 2 N–H and O–H groups in total. The molecule has 6 atom stereocenters. The summed E-state index contributed by atoms with van der Waals surface area (Å²) < 4.78 is 36.3. The zero-order chi connectivity index (χ0) is 36.0. The molecule has 8 nitrogen and oxygen atoms in total. The molecule has 7 rings (SSSR count). The summed E-state index contributed by atoms with van der Waals surface area (Å²) in [5.41, 5.74) is 3.62. The fourth-order valence-electron chi connectivity index (χ4n) is 8.46. The van der Waals surface area contributed by atoms with Gasteiger partial charge in [-0.05, 0) is 123 Å². The van der Waals surface area contributed by atoms with E-state index in [1.54, 1.807) is 19.1 Å². The highest BCUT2D eigenvalue weighted by Gasteiger charge is 2.47. The number of anilines is 1. The lowest BCUT2D eigenvalue weighted by molar-refractivity contribution is -0.124. The summed E-state index contributed by atoms with van der Waals surface area (Å²) in [6.45, 7) is 7.32. The SMILES string of the molecule is Cc1ccc(C/C=C/[C@]2(O)/C=C/C[C@H](C)[C@@H](C)C(=O)NS(=O)(=O)c3ccc4c(c3)N(C[C@@H]3CC[C@H]32)C[C@@]2(CCCc3cc(Cl)ccc32)CO4)cn1.